The van der Waals surface area contributed by atoms with Crippen molar-refractivity contribution in [3.63, 3.8) is 0 Å². The quantitative estimate of drug-likeness (QED) is 0.0201. The third kappa shape index (κ3) is 26.6. The number of rotatable bonds is 47. The molecule has 1 aliphatic rings. The molecule has 0 bridgehead atoms. The fraction of sp³-hybridized carbons (Fsp3) is 0.877. The van der Waals surface area contributed by atoms with Gasteiger partial charge in [0, 0.05) is 25.8 Å². The molecule has 21 heteroatoms. The van der Waals surface area contributed by atoms with Crippen LogP contribution in [0.25, 0.3) is 0 Å². The number of nitrogens with zero attached hydrogens (tertiary/aromatic N) is 1. The zero-order chi connectivity index (χ0) is 58.7. The van der Waals surface area contributed by atoms with Crippen LogP contribution in [-0.2, 0) is 52.5 Å². The first kappa shape index (κ1) is 72.2. The lowest BCUT2D eigenvalue weighted by molar-refractivity contribution is -0.263. The molecule has 1 aliphatic heterocycles. The van der Waals surface area contributed by atoms with Crippen molar-refractivity contribution in [1.82, 2.24) is 10.2 Å². The SMILES string of the molecule is CCCCCCCCCCCCCCCC(=O)OC([C@H](CO)OC(=O)CCCCCCCCCCCCCCC)[C@@](C)(N)C(=O)N[C@H](CCC(=O)N(CC(C)O[C@@H]1[C@@H](N)[C@@H](O)O[C@H](CO)[C@H]1O)[C@](C)(C(C)=O)C(=O)O)C(N)=O. The zero-order valence-electron chi connectivity index (χ0n) is 48.4. The van der Waals surface area contributed by atoms with E-state index in [1.807, 2.05) is 0 Å². The molecule has 12 N–H and O–H groups in total. The fourth-order valence-electron chi connectivity index (χ4n) is 9.75. The number of carbonyl (C=O) groups is 7. The van der Waals surface area contributed by atoms with E-state index in [2.05, 4.69) is 19.2 Å². The Kier molecular flexibility index (Phi) is 37.4. The summed E-state index contributed by atoms with van der Waals surface area (Å²) < 4.78 is 22.4. The van der Waals surface area contributed by atoms with Crippen LogP contribution >= 0.6 is 0 Å². The van der Waals surface area contributed by atoms with Gasteiger partial charge in [-0.1, -0.05) is 168 Å². The number of nitrogens with two attached hydrogens (primary N) is 3. The van der Waals surface area contributed by atoms with Crippen LogP contribution in [0.4, 0.5) is 0 Å². The minimum atomic E-state index is -2.51. The maximum absolute atomic E-state index is 14.2. The maximum atomic E-state index is 14.2. The normalized spacial score (nSPS) is 20.5. The first-order valence-electron chi connectivity index (χ1n) is 29.5. The Hall–Kier alpha value is -3.83. The molecule has 1 rings (SSSR count). The summed E-state index contributed by atoms with van der Waals surface area (Å²) in [7, 11) is 0. The average molecular weight is 1120 g/mol. The Balaban J connectivity index is 3.19. The number of primary amides is 1. The van der Waals surface area contributed by atoms with Gasteiger partial charge in [0.25, 0.3) is 0 Å². The van der Waals surface area contributed by atoms with Gasteiger partial charge in [0.2, 0.25) is 17.7 Å². The molecule has 0 spiro atoms. The van der Waals surface area contributed by atoms with E-state index in [-0.39, 0.29) is 12.8 Å². The van der Waals surface area contributed by atoms with E-state index in [0.717, 1.165) is 78.6 Å². The minimum Gasteiger partial charge on any atom is -0.479 e. The molecule has 21 nitrogen and oxygen atoms in total. The van der Waals surface area contributed by atoms with Crippen molar-refractivity contribution >= 4 is 41.4 Å². The van der Waals surface area contributed by atoms with Crippen molar-refractivity contribution in [3.05, 3.63) is 0 Å². The molecule has 3 amide bonds. The second-order valence-electron chi connectivity index (χ2n) is 22.0. The minimum absolute atomic E-state index is 0.00996. The van der Waals surface area contributed by atoms with Crippen molar-refractivity contribution in [2.45, 2.75) is 300 Å². The third-order valence-corrected chi connectivity index (χ3v) is 15.1. The second kappa shape index (κ2) is 40.4. The molecular formula is C57H105N5O16. The van der Waals surface area contributed by atoms with Crippen LogP contribution in [0.5, 0.6) is 0 Å². The highest BCUT2D eigenvalue weighted by Crippen LogP contribution is 2.27. The van der Waals surface area contributed by atoms with Crippen LogP contribution in [0, 0.1) is 0 Å². The summed E-state index contributed by atoms with van der Waals surface area (Å²) in [5, 5.41) is 54.0. The van der Waals surface area contributed by atoms with Gasteiger partial charge in [0.15, 0.2) is 29.8 Å². The lowest BCUT2D eigenvalue weighted by atomic mass is 9.89. The number of aliphatic hydroxyl groups excluding tert-OH is 4. The van der Waals surface area contributed by atoms with Crippen LogP contribution < -0.4 is 22.5 Å². The highest BCUT2D eigenvalue weighted by Gasteiger charge is 2.50. The number of ether oxygens (including phenoxy) is 4. The van der Waals surface area contributed by atoms with Crippen LogP contribution in [0.3, 0.4) is 0 Å². The van der Waals surface area contributed by atoms with Gasteiger partial charge in [-0.25, -0.2) is 4.79 Å². The largest absolute Gasteiger partial charge is 0.479 e. The summed E-state index contributed by atoms with van der Waals surface area (Å²) in [6.07, 6.45) is 16.6. The molecule has 78 heavy (non-hydrogen) atoms. The molecule has 1 fully saturated rings. The molecule has 0 aromatic rings. The van der Waals surface area contributed by atoms with Crippen molar-refractivity contribution < 1.29 is 78.0 Å². The summed E-state index contributed by atoms with van der Waals surface area (Å²) in [5.74, 6) is -7.46. The Morgan fingerprint density at radius 1 is 0.679 bits per heavy atom. The third-order valence-electron chi connectivity index (χ3n) is 15.1. The molecule has 2 unspecified atom stereocenters. The van der Waals surface area contributed by atoms with Gasteiger partial charge in [0.1, 0.15) is 29.9 Å². The van der Waals surface area contributed by atoms with Gasteiger partial charge in [0.05, 0.1) is 25.4 Å². The lowest BCUT2D eigenvalue weighted by Crippen LogP contribution is -2.67. The van der Waals surface area contributed by atoms with E-state index in [0.29, 0.717) is 17.7 Å². The lowest BCUT2D eigenvalue weighted by Gasteiger charge is -2.43. The van der Waals surface area contributed by atoms with Gasteiger partial charge in [-0.3, -0.25) is 28.8 Å². The number of hydrogen-bond acceptors (Lipinski definition) is 17. The molecule has 1 saturated heterocycles. The number of esters is 2. The summed E-state index contributed by atoms with van der Waals surface area (Å²) in [4.78, 5) is 94.3. The topological polar surface area (TPSA) is 351 Å². The smallest absolute Gasteiger partial charge is 0.337 e. The first-order valence-corrected chi connectivity index (χ1v) is 29.5. The second-order valence-corrected chi connectivity index (χ2v) is 22.0. The number of carboxylic acids is 1. The molecule has 454 valence electrons. The predicted molar refractivity (Wildman–Crippen MR) is 295 cm³/mol. The summed E-state index contributed by atoms with van der Waals surface area (Å²) >= 11 is 0. The number of carboxylic acid groups (broad SMARTS) is 1. The Morgan fingerprint density at radius 3 is 1.49 bits per heavy atom. The monoisotopic (exact) mass is 1120 g/mol. The molecule has 0 radical (unpaired) electrons. The number of hydrogen-bond donors (Lipinski definition) is 9. The molecule has 0 aromatic carbocycles. The molecular weight excluding hydrogens is 1010 g/mol. The summed E-state index contributed by atoms with van der Waals surface area (Å²) in [5.41, 5.74) is 13.6. The number of nitrogens with one attached hydrogen (secondary N) is 1. The highest BCUT2D eigenvalue weighted by molar-refractivity contribution is 6.09. The average Bonchev–Trinajstić information content (AvgIpc) is 3.41. The van der Waals surface area contributed by atoms with Gasteiger partial charge in [-0.05, 0) is 47.0 Å². The number of aliphatic carboxylic acids is 1. The Labute approximate surface area is 465 Å². The van der Waals surface area contributed by atoms with Crippen molar-refractivity contribution in [1.29, 1.82) is 0 Å². The van der Waals surface area contributed by atoms with Crippen LogP contribution in [-0.4, -0.2) is 158 Å². The molecule has 1 heterocycles. The number of amides is 3. The fourth-order valence-corrected chi connectivity index (χ4v) is 9.75. The van der Waals surface area contributed by atoms with E-state index in [9.17, 15) is 59.1 Å². The number of unbranched alkanes of at least 4 members (excludes halogenated alkanes) is 24. The van der Waals surface area contributed by atoms with Crippen molar-refractivity contribution in [3.8, 4) is 0 Å². The standard InChI is InChI=1S/C57H105N5O16/c1-7-9-11-13-15-17-19-21-23-25-27-29-31-33-46(67)76-44(39-64)51(78-47(68)34-32-30-28-26-24-22-20-18-16-14-12-10-8-2)56(5,60)54(72)61-42(52(59)70)35-36-45(66)62(57(6,41(4)65)55(73)74)37-40(3)75-50-48(58)53(71)77-43(38-63)49(50)69/h40,42-44,48-51,53,63-64,69,71H,7-39,58,60H2,1-6H3,(H2,59,70)(H,61,72)(H,73,74)/t40?,42-,43-,44+,48-,49-,50-,51?,53+,56-,57-/m1/s1. The van der Waals surface area contributed by atoms with Crippen LogP contribution in [0.1, 0.15) is 234 Å². The van der Waals surface area contributed by atoms with Gasteiger partial charge in [-0.2, -0.15) is 0 Å². The zero-order valence-corrected chi connectivity index (χ0v) is 48.4. The van der Waals surface area contributed by atoms with E-state index in [4.69, 9.17) is 36.1 Å². The molecule has 0 saturated carbocycles. The number of aliphatic hydroxyl groups is 4. The van der Waals surface area contributed by atoms with Gasteiger partial charge < -0.3 is 71.9 Å². The van der Waals surface area contributed by atoms with E-state index >= 15 is 0 Å². The number of carbonyl (C=O) groups excluding carboxylic acids is 6. The van der Waals surface area contributed by atoms with E-state index < -0.39 is 140 Å². The summed E-state index contributed by atoms with van der Waals surface area (Å²) in [6, 6.07) is -3.02. The number of Topliss-reactive ketones (excluding diaryl/α,β-unsaturated/α-hetero) is 1. The Morgan fingerprint density at radius 2 is 1.10 bits per heavy atom. The highest BCUT2D eigenvalue weighted by atomic mass is 16.6. The van der Waals surface area contributed by atoms with Crippen LogP contribution in [0.15, 0.2) is 0 Å². The van der Waals surface area contributed by atoms with Gasteiger partial charge in [-0.15, -0.1) is 0 Å². The van der Waals surface area contributed by atoms with Crippen LogP contribution in [0.2, 0.25) is 0 Å². The molecule has 0 aromatic heterocycles. The van der Waals surface area contributed by atoms with E-state index in [1.54, 1.807) is 0 Å². The summed E-state index contributed by atoms with van der Waals surface area (Å²) in [6.45, 7) is 6.67. The van der Waals surface area contributed by atoms with Crippen molar-refractivity contribution in [2.24, 2.45) is 17.2 Å². The van der Waals surface area contributed by atoms with Gasteiger partial charge >= 0.3 is 17.9 Å². The Bertz CT molecular complexity index is 1730. The van der Waals surface area contributed by atoms with E-state index in [1.165, 1.54) is 103 Å². The van der Waals surface area contributed by atoms with Crippen molar-refractivity contribution in [2.75, 3.05) is 19.8 Å². The predicted octanol–water partition coefficient (Wildman–Crippen LogP) is 5.66. The first-order chi connectivity index (χ1) is 37.0. The maximum Gasteiger partial charge on any atom is 0.337 e. The number of ketones is 1. The molecule has 0 aliphatic carbocycles. The molecule has 11 atom stereocenters.